The number of nitrogens with zero attached hydrogens (tertiary/aromatic N) is 1. The normalized spacial score (nSPS) is 29.7. The van der Waals surface area contributed by atoms with Gasteiger partial charge in [-0.2, -0.15) is 13.2 Å². The first kappa shape index (κ1) is 12.5. The molecule has 0 aliphatic carbocycles. The molecule has 0 amide bonds. The number of hydrogen-bond donors (Lipinski definition) is 2. The highest BCUT2D eigenvalue weighted by Gasteiger charge is 2.41. The minimum atomic E-state index is -4.42. The van der Waals surface area contributed by atoms with Gasteiger partial charge in [0, 0.05) is 0 Å². The van der Waals surface area contributed by atoms with Gasteiger partial charge in [-0.05, 0) is 31.4 Å². The third-order valence-corrected chi connectivity index (χ3v) is 3.61. The summed E-state index contributed by atoms with van der Waals surface area (Å²) < 4.78 is 43.7. The molecule has 0 saturated carbocycles. The van der Waals surface area contributed by atoms with Crippen LogP contribution in [0.3, 0.4) is 0 Å². The Hall–Kier alpha value is -1.50. The van der Waals surface area contributed by atoms with Gasteiger partial charge in [-0.3, -0.25) is 0 Å². The summed E-state index contributed by atoms with van der Waals surface area (Å²) in [5, 5.41) is 3.01. The quantitative estimate of drug-likeness (QED) is 0.868. The Labute approximate surface area is 108 Å². The van der Waals surface area contributed by atoms with Crippen molar-refractivity contribution in [2.24, 2.45) is 0 Å². The molecule has 2 aliphatic heterocycles. The Morgan fingerprint density at radius 2 is 2.11 bits per heavy atom. The van der Waals surface area contributed by atoms with Crippen molar-refractivity contribution in [1.82, 2.24) is 4.98 Å². The summed E-state index contributed by atoms with van der Waals surface area (Å²) >= 11 is 0. The van der Waals surface area contributed by atoms with E-state index in [-0.39, 0.29) is 29.9 Å². The maximum absolute atomic E-state index is 12.7. The van der Waals surface area contributed by atoms with Crippen LogP contribution in [0.2, 0.25) is 0 Å². The highest BCUT2D eigenvalue weighted by atomic mass is 19.4. The summed E-state index contributed by atoms with van der Waals surface area (Å²) in [7, 11) is 0. The topological polar surface area (TPSA) is 60.2 Å². The van der Waals surface area contributed by atoms with Gasteiger partial charge in [0.1, 0.15) is 11.6 Å². The van der Waals surface area contributed by atoms with Crippen LogP contribution in [0.1, 0.15) is 24.8 Å². The largest absolute Gasteiger partial charge is 0.416 e. The Kier molecular flexibility index (Phi) is 2.81. The third kappa shape index (κ3) is 2.47. The average molecular weight is 273 g/mol. The molecule has 2 bridgehead atoms. The van der Waals surface area contributed by atoms with E-state index in [1.165, 1.54) is 0 Å². The second-order valence-electron chi connectivity index (χ2n) is 5.02. The van der Waals surface area contributed by atoms with Crippen molar-refractivity contribution < 1.29 is 17.9 Å². The molecule has 2 aliphatic rings. The summed E-state index contributed by atoms with van der Waals surface area (Å²) in [6.45, 7) is 0. The number of halogens is 3. The molecule has 0 spiro atoms. The van der Waals surface area contributed by atoms with E-state index < -0.39 is 11.7 Å². The Morgan fingerprint density at radius 1 is 1.32 bits per heavy atom. The molecule has 3 N–H and O–H groups in total. The first-order valence-corrected chi connectivity index (χ1v) is 6.18. The van der Waals surface area contributed by atoms with Crippen LogP contribution in [0.5, 0.6) is 0 Å². The minimum Gasteiger partial charge on any atom is -0.384 e. The lowest BCUT2D eigenvalue weighted by molar-refractivity contribution is -0.137. The fraction of sp³-hybridized carbons (Fsp3) is 0.583. The molecule has 2 saturated heterocycles. The fourth-order valence-electron chi connectivity index (χ4n) is 2.77. The first-order valence-electron chi connectivity index (χ1n) is 6.18. The molecular weight excluding hydrogens is 259 g/mol. The van der Waals surface area contributed by atoms with Crippen LogP contribution in [0.15, 0.2) is 12.1 Å². The predicted molar refractivity (Wildman–Crippen MR) is 63.6 cm³/mol. The van der Waals surface area contributed by atoms with E-state index in [0.717, 1.165) is 31.4 Å². The molecule has 3 unspecified atom stereocenters. The van der Waals surface area contributed by atoms with E-state index in [1.807, 2.05) is 0 Å². The van der Waals surface area contributed by atoms with Crippen LogP contribution in [0.25, 0.3) is 0 Å². The number of pyridine rings is 1. The molecular formula is C12H14F3N3O. The molecule has 0 radical (unpaired) electrons. The van der Waals surface area contributed by atoms with E-state index >= 15 is 0 Å². The SMILES string of the molecule is Nc1cc(C(F)(F)F)cc(NC2CC3CCC2O3)n1. The Bertz CT molecular complexity index is 492. The Balaban J connectivity index is 1.79. The predicted octanol–water partition coefficient (Wildman–Crippen LogP) is 2.41. The van der Waals surface area contributed by atoms with Crippen LogP contribution in [0, 0.1) is 0 Å². The molecule has 3 rings (SSSR count). The van der Waals surface area contributed by atoms with Crippen LogP contribution >= 0.6 is 0 Å². The number of ether oxygens (including phenoxy) is 1. The number of hydrogen-bond acceptors (Lipinski definition) is 4. The molecule has 1 aromatic rings. The van der Waals surface area contributed by atoms with Crippen molar-refractivity contribution in [3.63, 3.8) is 0 Å². The smallest absolute Gasteiger partial charge is 0.384 e. The summed E-state index contributed by atoms with van der Waals surface area (Å²) in [6, 6.07) is 1.85. The first-order chi connectivity index (χ1) is 8.91. The molecule has 104 valence electrons. The van der Waals surface area contributed by atoms with Gasteiger partial charge in [0.05, 0.1) is 23.8 Å². The molecule has 19 heavy (non-hydrogen) atoms. The number of anilines is 2. The van der Waals surface area contributed by atoms with E-state index in [2.05, 4.69) is 10.3 Å². The molecule has 3 heterocycles. The Morgan fingerprint density at radius 3 is 2.68 bits per heavy atom. The standard InChI is InChI=1S/C12H14F3N3O/c13-12(14,15)6-3-10(16)18-11(4-6)17-8-5-7-1-2-9(8)19-7/h3-4,7-9H,1-2,5H2,(H3,16,17,18). The highest BCUT2D eigenvalue weighted by molar-refractivity contribution is 5.48. The van der Waals surface area contributed by atoms with Crippen molar-refractivity contribution in [2.75, 3.05) is 11.1 Å². The zero-order chi connectivity index (χ0) is 13.6. The van der Waals surface area contributed by atoms with E-state index in [1.54, 1.807) is 0 Å². The van der Waals surface area contributed by atoms with Crippen molar-refractivity contribution in [3.8, 4) is 0 Å². The summed E-state index contributed by atoms with van der Waals surface area (Å²) in [4.78, 5) is 3.91. The van der Waals surface area contributed by atoms with Crippen molar-refractivity contribution >= 4 is 11.6 Å². The molecule has 1 aromatic heterocycles. The summed E-state index contributed by atoms with van der Waals surface area (Å²) in [5.74, 6) is 0.0230. The second kappa shape index (κ2) is 4.26. The molecule has 0 aromatic carbocycles. The van der Waals surface area contributed by atoms with Gasteiger partial charge in [0.15, 0.2) is 0 Å². The third-order valence-electron chi connectivity index (χ3n) is 3.61. The zero-order valence-corrected chi connectivity index (χ0v) is 10.1. The molecule has 3 atom stereocenters. The van der Waals surface area contributed by atoms with Crippen molar-refractivity contribution in [3.05, 3.63) is 17.7 Å². The maximum atomic E-state index is 12.7. The molecule has 7 heteroatoms. The number of aromatic nitrogens is 1. The number of nitrogens with one attached hydrogen (secondary N) is 1. The number of nitrogen functional groups attached to an aromatic ring is 1. The summed E-state index contributed by atoms with van der Waals surface area (Å²) in [6.07, 6.45) is -1.34. The van der Waals surface area contributed by atoms with Gasteiger partial charge >= 0.3 is 6.18 Å². The van der Waals surface area contributed by atoms with E-state index in [4.69, 9.17) is 10.5 Å². The van der Waals surface area contributed by atoms with Crippen molar-refractivity contribution in [2.45, 2.75) is 43.7 Å². The van der Waals surface area contributed by atoms with Gasteiger partial charge in [-0.1, -0.05) is 0 Å². The maximum Gasteiger partial charge on any atom is 0.416 e. The zero-order valence-electron chi connectivity index (χ0n) is 10.1. The van der Waals surface area contributed by atoms with Gasteiger partial charge in [0.2, 0.25) is 0 Å². The number of nitrogens with two attached hydrogens (primary N) is 1. The number of alkyl halides is 3. The van der Waals surface area contributed by atoms with Gasteiger partial charge in [0.25, 0.3) is 0 Å². The lowest BCUT2D eigenvalue weighted by Gasteiger charge is -2.21. The fourth-order valence-corrected chi connectivity index (χ4v) is 2.77. The van der Waals surface area contributed by atoms with E-state index in [9.17, 15) is 13.2 Å². The summed E-state index contributed by atoms with van der Waals surface area (Å²) in [5.41, 5.74) is 4.64. The number of fused-ring (bicyclic) bond motifs is 2. The van der Waals surface area contributed by atoms with Crippen LogP contribution in [-0.4, -0.2) is 23.2 Å². The lowest BCUT2D eigenvalue weighted by Crippen LogP contribution is -2.31. The van der Waals surface area contributed by atoms with Gasteiger partial charge < -0.3 is 15.8 Å². The second-order valence-corrected chi connectivity index (χ2v) is 5.02. The van der Waals surface area contributed by atoms with Gasteiger partial charge in [-0.15, -0.1) is 0 Å². The molecule has 4 nitrogen and oxygen atoms in total. The van der Waals surface area contributed by atoms with Crippen molar-refractivity contribution in [1.29, 1.82) is 0 Å². The van der Waals surface area contributed by atoms with Crippen LogP contribution < -0.4 is 11.1 Å². The number of rotatable bonds is 2. The van der Waals surface area contributed by atoms with Crippen LogP contribution in [-0.2, 0) is 10.9 Å². The lowest BCUT2D eigenvalue weighted by atomic mass is 9.95. The monoisotopic (exact) mass is 273 g/mol. The van der Waals surface area contributed by atoms with Gasteiger partial charge in [-0.25, -0.2) is 4.98 Å². The van der Waals surface area contributed by atoms with E-state index in [0.29, 0.717) is 0 Å². The minimum absolute atomic E-state index is 0.0223. The van der Waals surface area contributed by atoms with Crippen LogP contribution in [0.4, 0.5) is 24.8 Å². The highest BCUT2D eigenvalue weighted by Crippen LogP contribution is 2.37. The average Bonchev–Trinajstić information content (AvgIpc) is 2.88. The molecule has 2 fully saturated rings.